The van der Waals surface area contributed by atoms with Crippen LogP contribution in [-0.2, 0) is 10.0 Å². The Bertz CT molecular complexity index is 1580. The Balaban J connectivity index is 1.61. The number of alkyl halides is 3. The molecule has 0 radical (unpaired) electrons. The average Bonchev–Trinajstić information content (AvgIpc) is 3.21. The van der Waals surface area contributed by atoms with Crippen LogP contribution in [0.3, 0.4) is 0 Å². The zero-order chi connectivity index (χ0) is 25.4. The van der Waals surface area contributed by atoms with Crippen molar-refractivity contribution in [2.24, 2.45) is 5.73 Å². The largest absolute Gasteiger partial charge is 0.368 e. The summed E-state index contributed by atoms with van der Waals surface area (Å²) >= 11 is 0.696. The van der Waals surface area contributed by atoms with Crippen LogP contribution in [0.4, 0.5) is 18.9 Å². The molecule has 0 amide bonds. The Labute approximate surface area is 208 Å². The van der Waals surface area contributed by atoms with Crippen molar-refractivity contribution in [1.29, 1.82) is 0 Å². The third-order valence-electron chi connectivity index (χ3n) is 6.76. The zero-order valence-electron chi connectivity index (χ0n) is 19.1. The molecule has 10 nitrogen and oxygen atoms in total. The molecule has 1 saturated carbocycles. The van der Waals surface area contributed by atoms with Crippen LogP contribution in [0.5, 0.6) is 0 Å². The van der Waals surface area contributed by atoms with Gasteiger partial charge in [0.05, 0.1) is 27.7 Å². The molecule has 2 aliphatic rings. The summed E-state index contributed by atoms with van der Waals surface area (Å²) in [6.45, 7) is 2.34. The van der Waals surface area contributed by atoms with E-state index in [9.17, 15) is 21.6 Å². The number of benzene rings is 1. The van der Waals surface area contributed by atoms with Crippen molar-refractivity contribution in [3.63, 3.8) is 0 Å². The fourth-order valence-corrected chi connectivity index (χ4v) is 6.79. The van der Waals surface area contributed by atoms with Gasteiger partial charge in [0.1, 0.15) is 6.17 Å². The number of nitrogens with one attached hydrogen (secondary N) is 1. The third kappa shape index (κ3) is 3.84. The van der Waals surface area contributed by atoms with Crippen molar-refractivity contribution in [2.75, 3.05) is 18.0 Å². The van der Waals surface area contributed by atoms with E-state index in [0.29, 0.717) is 40.4 Å². The molecule has 4 heterocycles. The Morgan fingerprint density at radius 1 is 1.28 bits per heavy atom. The van der Waals surface area contributed by atoms with Crippen molar-refractivity contribution in [2.45, 2.75) is 55.3 Å². The van der Waals surface area contributed by atoms with Crippen LogP contribution in [0, 0.1) is 0 Å². The maximum atomic E-state index is 14.2. The molecule has 1 aliphatic carbocycles. The smallest absolute Gasteiger partial charge is 0.291 e. The van der Waals surface area contributed by atoms with Crippen LogP contribution < -0.4 is 15.4 Å². The number of nitrogens with zero attached hydrogens (tertiary/aromatic N) is 6. The van der Waals surface area contributed by atoms with Crippen molar-refractivity contribution in [3.05, 3.63) is 29.5 Å². The lowest BCUT2D eigenvalue weighted by molar-refractivity contribution is 0.150. The van der Waals surface area contributed by atoms with E-state index in [1.165, 1.54) is 10.6 Å². The van der Waals surface area contributed by atoms with Gasteiger partial charge in [-0.15, -0.1) is 10.2 Å². The van der Waals surface area contributed by atoms with Crippen molar-refractivity contribution in [3.8, 4) is 5.13 Å². The number of sulfonamides is 1. The zero-order valence-corrected chi connectivity index (χ0v) is 20.7. The van der Waals surface area contributed by atoms with Gasteiger partial charge < -0.3 is 10.6 Å². The van der Waals surface area contributed by atoms with E-state index >= 15 is 0 Å². The average molecular weight is 541 g/mol. The highest BCUT2D eigenvalue weighted by Crippen LogP contribution is 2.39. The molecule has 1 aliphatic heterocycles. The van der Waals surface area contributed by atoms with Crippen LogP contribution >= 0.6 is 11.3 Å². The number of imidazole rings is 2. The monoisotopic (exact) mass is 540 g/mol. The second kappa shape index (κ2) is 8.13. The van der Waals surface area contributed by atoms with Crippen LogP contribution in [0.25, 0.3) is 21.9 Å². The maximum Gasteiger partial charge on any atom is 0.291 e. The Morgan fingerprint density at radius 3 is 2.72 bits per heavy atom. The van der Waals surface area contributed by atoms with Gasteiger partial charge in [-0.25, -0.2) is 31.3 Å². The van der Waals surface area contributed by atoms with Crippen molar-refractivity contribution >= 4 is 43.9 Å². The summed E-state index contributed by atoms with van der Waals surface area (Å²) in [6, 6.07) is 2.29. The number of fused-ring (bicyclic) bond motifs is 3. The number of hydrogen-bond donors (Lipinski definition) is 2. The number of aromatic nitrogens is 5. The molecule has 6 rings (SSSR count). The fraction of sp³-hybridized carbons (Fsp3) is 0.476. The van der Waals surface area contributed by atoms with E-state index in [4.69, 9.17) is 5.73 Å². The number of nitrogens with two attached hydrogens (primary N) is 1. The molecule has 0 unspecified atom stereocenters. The summed E-state index contributed by atoms with van der Waals surface area (Å²) in [6.07, 6.45) is 0.921. The van der Waals surface area contributed by atoms with Crippen LogP contribution in [-0.4, -0.2) is 63.4 Å². The van der Waals surface area contributed by atoms with E-state index < -0.39 is 39.2 Å². The van der Waals surface area contributed by atoms with Gasteiger partial charge >= 0.3 is 0 Å². The molecule has 192 valence electrons. The van der Waals surface area contributed by atoms with Crippen molar-refractivity contribution in [1.82, 2.24) is 28.9 Å². The summed E-state index contributed by atoms with van der Waals surface area (Å²) in [5, 5.41) is 7.19. The minimum absolute atomic E-state index is 0.00494. The van der Waals surface area contributed by atoms with E-state index in [0.717, 1.165) is 12.8 Å². The molecule has 3 aromatic heterocycles. The first-order chi connectivity index (χ1) is 17.1. The molecule has 2 atom stereocenters. The standard InChI is InChI=1S/C21H23F3N8O2S2/c1-21(3-4-21)29-36(33,34)11-8-14(30-6-2-12(22)13(25)10-30)16-15(9-11)32(19-26-5-7-31(16)19)20-28-27-18(35-20)17(23)24/h5,7-9,12-13,17,29H,2-4,6,10,25H2,1H3/t12-,13-/m0/s1. The summed E-state index contributed by atoms with van der Waals surface area (Å²) in [7, 11) is -3.94. The number of piperidine rings is 1. The first-order valence-corrected chi connectivity index (χ1v) is 13.7. The molecule has 2 fully saturated rings. The van der Waals surface area contributed by atoms with Crippen LogP contribution in [0.15, 0.2) is 29.4 Å². The molecule has 36 heavy (non-hydrogen) atoms. The van der Waals surface area contributed by atoms with Gasteiger partial charge in [0.25, 0.3) is 6.43 Å². The molecule has 1 saturated heterocycles. The van der Waals surface area contributed by atoms with E-state index in [1.807, 2.05) is 11.8 Å². The minimum Gasteiger partial charge on any atom is -0.368 e. The van der Waals surface area contributed by atoms with E-state index in [2.05, 4.69) is 19.9 Å². The number of anilines is 1. The van der Waals surface area contributed by atoms with Gasteiger partial charge in [-0.3, -0.25) is 8.97 Å². The molecule has 4 aromatic rings. The summed E-state index contributed by atoms with van der Waals surface area (Å²) < 4.78 is 73.6. The van der Waals surface area contributed by atoms with Gasteiger partial charge in [-0.05, 0) is 38.3 Å². The molecular formula is C21H23F3N8O2S2. The highest BCUT2D eigenvalue weighted by molar-refractivity contribution is 7.89. The molecule has 0 bridgehead atoms. The van der Waals surface area contributed by atoms with Gasteiger partial charge in [0.15, 0.2) is 5.01 Å². The van der Waals surface area contributed by atoms with Gasteiger partial charge in [-0.2, -0.15) is 0 Å². The van der Waals surface area contributed by atoms with Gasteiger partial charge in [0, 0.05) is 31.0 Å². The van der Waals surface area contributed by atoms with E-state index in [-0.39, 0.29) is 23.0 Å². The first-order valence-electron chi connectivity index (χ1n) is 11.4. The molecular weight excluding hydrogens is 517 g/mol. The van der Waals surface area contributed by atoms with Crippen molar-refractivity contribution < 1.29 is 21.6 Å². The highest BCUT2D eigenvalue weighted by Gasteiger charge is 2.42. The predicted octanol–water partition coefficient (Wildman–Crippen LogP) is 2.77. The number of halogens is 3. The lowest BCUT2D eigenvalue weighted by Crippen LogP contribution is -2.49. The molecule has 15 heteroatoms. The second-order valence-electron chi connectivity index (χ2n) is 9.55. The lowest BCUT2D eigenvalue weighted by atomic mass is 10.0. The normalized spacial score (nSPS) is 22.2. The Hall–Kier alpha value is -2.75. The summed E-state index contributed by atoms with van der Waals surface area (Å²) in [5.74, 6) is 0.351. The fourth-order valence-electron chi connectivity index (χ4n) is 4.57. The van der Waals surface area contributed by atoms with Gasteiger partial charge in [-0.1, -0.05) is 11.3 Å². The van der Waals surface area contributed by atoms with Crippen LogP contribution in [0.1, 0.15) is 37.6 Å². The summed E-state index contributed by atoms with van der Waals surface area (Å²) in [5.41, 5.74) is 7.02. The third-order valence-corrected chi connectivity index (χ3v) is 9.29. The minimum atomic E-state index is -3.94. The molecule has 0 spiro atoms. The molecule has 3 N–H and O–H groups in total. The Kier molecular flexibility index (Phi) is 5.34. The quantitative estimate of drug-likeness (QED) is 0.386. The highest BCUT2D eigenvalue weighted by atomic mass is 32.2. The second-order valence-corrected chi connectivity index (χ2v) is 12.2. The Morgan fingerprint density at radius 2 is 2.06 bits per heavy atom. The number of hydrogen-bond acceptors (Lipinski definition) is 8. The molecule has 1 aromatic carbocycles. The maximum absolute atomic E-state index is 14.2. The number of rotatable bonds is 6. The SMILES string of the molecule is CC1(NS(=O)(=O)c2cc(N3CC[C@H](F)[C@@H](N)C3)c3c(c2)n(-c2nnc(C(F)F)s2)c2nccn32)CC1. The summed E-state index contributed by atoms with van der Waals surface area (Å²) in [4.78, 5) is 6.22. The topological polar surface area (TPSA) is 123 Å². The predicted molar refractivity (Wildman–Crippen MR) is 128 cm³/mol. The lowest BCUT2D eigenvalue weighted by Gasteiger charge is -2.35. The van der Waals surface area contributed by atoms with E-state index in [1.54, 1.807) is 22.9 Å². The first kappa shape index (κ1) is 23.6. The van der Waals surface area contributed by atoms with Gasteiger partial charge in [0.2, 0.25) is 20.9 Å². The van der Waals surface area contributed by atoms with Crippen LogP contribution in [0.2, 0.25) is 0 Å².